The summed E-state index contributed by atoms with van der Waals surface area (Å²) in [6.45, 7) is 1.32. The Labute approximate surface area is 176 Å². The van der Waals surface area contributed by atoms with Crippen molar-refractivity contribution >= 4 is 27.5 Å². The number of hydrogen-bond acceptors (Lipinski definition) is 4. The highest BCUT2D eigenvalue weighted by Crippen LogP contribution is 2.19. The number of nitrogens with zero attached hydrogens (tertiary/aromatic N) is 2. The number of sulfonamides is 1. The minimum absolute atomic E-state index is 0.169. The number of amides is 2. The van der Waals surface area contributed by atoms with Crippen molar-refractivity contribution in [3.05, 3.63) is 66.0 Å². The van der Waals surface area contributed by atoms with E-state index in [4.69, 9.17) is 0 Å². The average molecular weight is 436 g/mol. The Morgan fingerprint density at radius 2 is 1.67 bits per heavy atom. The van der Waals surface area contributed by atoms with Gasteiger partial charge in [0, 0.05) is 13.6 Å². The Balaban J connectivity index is 2.27. The van der Waals surface area contributed by atoms with Crippen molar-refractivity contribution < 1.29 is 22.4 Å². The number of carbonyl (C=O) groups is 2. The predicted molar refractivity (Wildman–Crippen MR) is 114 cm³/mol. The molecule has 0 saturated heterocycles. The zero-order valence-electron chi connectivity index (χ0n) is 17.2. The molecule has 0 spiro atoms. The van der Waals surface area contributed by atoms with Crippen molar-refractivity contribution in [2.75, 3.05) is 30.7 Å². The van der Waals surface area contributed by atoms with Gasteiger partial charge < -0.3 is 10.2 Å². The summed E-state index contributed by atoms with van der Waals surface area (Å²) in [6.07, 6.45) is 1.48. The number of rotatable bonds is 9. The average Bonchev–Trinajstić information content (AvgIpc) is 2.72. The first-order chi connectivity index (χ1) is 14.1. The van der Waals surface area contributed by atoms with Crippen LogP contribution >= 0.6 is 0 Å². The van der Waals surface area contributed by atoms with Crippen LogP contribution in [0.3, 0.4) is 0 Å². The van der Waals surface area contributed by atoms with E-state index >= 15 is 0 Å². The van der Waals surface area contributed by atoms with E-state index in [2.05, 4.69) is 5.32 Å². The monoisotopic (exact) mass is 435 g/mol. The molecule has 0 heterocycles. The second-order valence-electron chi connectivity index (χ2n) is 6.86. The van der Waals surface area contributed by atoms with E-state index in [0.717, 1.165) is 28.3 Å². The molecule has 0 aliphatic heterocycles. The topological polar surface area (TPSA) is 86.8 Å². The summed E-state index contributed by atoms with van der Waals surface area (Å²) in [6, 6.07) is 13.5. The van der Waals surface area contributed by atoms with Gasteiger partial charge in [0.1, 0.15) is 18.4 Å². The van der Waals surface area contributed by atoms with Gasteiger partial charge >= 0.3 is 0 Å². The van der Waals surface area contributed by atoms with Crippen molar-refractivity contribution in [3.8, 4) is 0 Å². The molecule has 0 unspecified atom stereocenters. The summed E-state index contributed by atoms with van der Waals surface area (Å²) >= 11 is 0. The van der Waals surface area contributed by atoms with Gasteiger partial charge in [0.15, 0.2) is 0 Å². The Morgan fingerprint density at radius 1 is 1.07 bits per heavy atom. The molecule has 162 valence electrons. The maximum absolute atomic E-state index is 13.2. The number of likely N-dealkylation sites (N-methyl/N-ethyl adjacent to an activating group) is 1. The van der Waals surface area contributed by atoms with E-state index in [1.165, 1.54) is 24.1 Å². The number of anilines is 1. The molecule has 0 saturated carbocycles. The Bertz CT molecular complexity index is 966. The van der Waals surface area contributed by atoms with Gasteiger partial charge in [-0.3, -0.25) is 13.9 Å². The van der Waals surface area contributed by atoms with Crippen molar-refractivity contribution in [2.24, 2.45) is 0 Å². The predicted octanol–water partition coefficient (Wildman–Crippen LogP) is 1.80. The van der Waals surface area contributed by atoms with E-state index < -0.39 is 34.3 Å². The SMILES string of the molecule is CNC(=O)[C@H](C)N(CCc1ccccc1)C(=O)CN(c1ccc(F)cc1)S(C)(=O)=O. The summed E-state index contributed by atoms with van der Waals surface area (Å²) in [5, 5.41) is 2.51. The van der Waals surface area contributed by atoms with Gasteiger partial charge in [0.25, 0.3) is 0 Å². The molecule has 0 fully saturated rings. The Hall–Kier alpha value is -2.94. The molecule has 2 amide bonds. The second-order valence-corrected chi connectivity index (χ2v) is 8.77. The maximum atomic E-state index is 13.2. The fourth-order valence-electron chi connectivity index (χ4n) is 3.00. The van der Waals surface area contributed by atoms with Gasteiger partial charge in [-0.15, -0.1) is 0 Å². The lowest BCUT2D eigenvalue weighted by molar-refractivity contribution is -0.138. The third-order valence-corrected chi connectivity index (χ3v) is 5.83. The van der Waals surface area contributed by atoms with Crippen LogP contribution in [0.4, 0.5) is 10.1 Å². The van der Waals surface area contributed by atoms with Crippen molar-refractivity contribution in [1.29, 1.82) is 0 Å². The van der Waals surface area contributed by atoms with Crippen molar-refractivity contribution in [1.82, 2.24) is 10.2 Å². The van der Waals surface area contributed by atoms with Crippen LogP contribution in [-0.4, -0.2) is 57.6 Å². The molecule has 30 heavy (non-hydrogen) atoms. The summed E-state index contributed by atoms with van der Waals surface area (Å²) in [7, 11) is -2.34. The van der Waals surface area contributed by atoms with Crippen LogP contribution in [0.25, 0.3) is 0 Å². The Kier molecular flexibility index (Phi) is 7.93. The molecule has 7 nitrogen and oxygen atoms in total. The lowest BCUT2D eigenvalue weighted by atomic mass is 10.1. The molecule has 2 aromatic carbocycles. The first kappa shape index (κ1) is 23.3. The molecule has 9 heteroatoms. The van der Waals surface area contributed by atoms with Gasteiger partial charge in [0.2, 0.25) is 21.8 Å². The number of carbonyl (C=O) groups excluding carboxylic acids is 2. The highest BCUT2D eigenvalue weighted by atomic mass is 32.2. The normalized spacial score (nSPS) is 12.1. The highest BCUT2D eigenvalue weighted by Gasteiger charge is 2.29. The van der Waals surface area contributed by atoms with E-state index in [1.807, 2.05) is 30.3 Å². The van der Waals surface area contributed by atoms with E-state index in [1.54, 1.807) is 6.92 Å². The van der Waals surface area contributed by atoms with Gasteiger partial charge in [-0.25, -0.2) is 12.8 Å². The van der Waals surface area contributed by atoms with Gasteiger partial charge in [0.05, 0.1) is 11.9 Å². The number of benzene rings is 2. The van der Waals surface area contributed by atoms with Crippen molar-refractivity contribution in [3.63, 3.8) is 0 Å². The first-order valence-corrected chi connectivity index (χ1v) is 11.3. The summed E-state index contributed by atoms with van der Waals surface area (Å²) in [4.78, 5) is 26.6. The molecule has 2 rings (SSSR count). The van der Waals surface area contributed by atoms with Gasteiger partial charge in [-0.1, -0.05) is 30.3 Å². The second kappa shape index (κ2) is 10.2. The number of nitrogens with one attached hydrogen (secondary N) is 1. The van der Waals surface area contributed by atoms with Crippen LogP contribution in [-0.2, 0) is 26.0 Å². The summed E-state index contributed by atoms with van der Waals surface area (Å²) < 4.78 is 38.7. The molecular weight excluding hydrogens is 409 g/mol. The lowest BCUT2D eigenvalue weighted by Crippen LogP contribution is -2.51. The van der Waals surface area contributed by atoms with E-state index in [-0.39, 0.29) is 18.1 Å². The van der Waals surface area contributed by atoms with Gasteiger partial charge in [-0.05, 0) is 43.2 Å². The fourth-order valence-corrected chi connectivity index (χ4v) is 3.85. The fraction of sp³-hybridized carbons (Fsp3) is 0.333. The molecule has 0 aromatic heterocycles. The van der Waals surface area contributed by atoms with Gasteiger partial charge in [-0.2, -0.15) is 0 Å². The van der Waals surface area contributed by atoms with Crippen LogP contribution in [0.15, 0.2) is 54.6 Å². The van der Waals surface area contributed by atoms with Crippen LogP contribution in [0, 0.1) is 5.82 Å². The van der Waals surface area contributed by atoms with Crippen LogP contribution in [0.5, 0.6) is 0 Å². The maximum Gasteiger partial charge on any atom is 0.244 e. The quantitative estimate of drug-likeness (QED) is 0.651. The molecule has 0 bridgehead atoms. The summed E-state index contributed by atoms with van der Waals surface area (Å²) in [5.41, 5.74) is 1.15. The highest BCUT2D eigenvalue weighted by molar-refractivity contribution is 7.92. The molecule has 0 aliphatic rings. The number of halogens is 1. The van der Waals surface area contributed by atoms with Crippen LogP contribution in [0.1, 0.15) is 12.5 Å². The minimum Gasteiger partial charge on any atom is -0.357 e. The molecular formula is C21H26FN3O4S. The first-order valence-electron chi connectivity index (χ1n) is 9.41. The van der Waals surface area contributed by atoms with Crippen LogP contribution < -0.4 is 9.62 Å². The van der Waals surface area contributed by atoms with E-state index in [9.17, 15) is 22.4 Å². The summed E-state index contributed by atoms with van der Waals surface area (Å²) in [5.74, 6) is -1.41. The molecule has 2 aromatic rings. The standard InChI is InChI=1S/C21H26FN3O4S/c1-16(21(27)23-2)24(14-13-17-7-5-4-6-8-17)20(26)15-25(30(3,28)29)19-11-9-18(22)10-12-19/h4-12,16H,13-15H2,1-3H3,(H,23,27)/t16-/m0/s1. The minimum atomic E-state index is -3.82. The zero-order chi connectivity index (χ0) is 22.3. The largest absolute Gasteiger partial charge is 0.357 e. The van der Waals surface area contributed by atoms with Crippen molar-refractivity contribution in [2.45, 2.75) is 19.4 Å². The number of hydrogen-bond donors (Lipinski definition) is 1. The van der Waals surface area contributed by atoms with E-state index in [0.29, 0.717) is 6.42 Å². The Morgan fingerprint density at radius 3 is 2.20 bits per heavy atom. The molecule has 0 aliphatic carbocycles. The molecule has 1 N–H and O–H groups in total. The third kappa shape index (κ3) is 6.28. The smallest absolute Gasteiger partial charge is 0.244 e. The molecule has 0 radical (unpaired) electrons. The third-order valence-electron chi connectivity index (χ3n) is 4.69. The van der Waals surface area contributed by atoms with Crippen LogP contribution in [0.2, 0.25) is 0 Å². The zero-order valence-corrected chi connectivity index (χ0v) is 18.0. The lowest BCUT2D eigenvalue weighted by Gasteiger charge is -2.31. The molecule has 1 atom stereocenters.